The van der Waals surface area contributed by atoms with Crippen molar-refractivity contribution in [3.05, 3.63) is 51.2 Å². The van der Waals surface area contributed by atoms with Crippen LogP contribution in [0.4, 0.5) is 18.9 Å². The summed E-state index contributed by atoms with van der Waals surface area (Å²) in [4.78, 5) is 53.3. The number of alkyl halides is 3. The number of likely N-dealkylation sites (tertiary alicyclic amines) is 1. The molecule has 2 heterocycles. The minimum atomic E-state index is -5.05. The Morgan fingerprint density at radius 3 is 2.58 bits per heavy atom. The molecule has 0 N–H and O–H groups in total. The smallest absolute Gasteiger partial charge is 0.430 e. The van der Waals surface area contributed by atoms with Crippen molar-refractivity contribution in [3.63, 3.8) is 0 Å². The van der Waals surface area contributed by atoms with Gasteiger partial charge >= 0.3 is 18.1 Å². The van der Waals surface area contributed by atoms with Gasteiger partial charge < -0.3 is 14.4 Å². The highest BCUT2D eigenvalue weighted by Crippen LogP contribution is 2.44. The van der Waals surface area contributed by atoms with E-state index >= 15 is 0 Å². The summed E-state index contributed by atoms with van der Waals surface area (Å²) in [7, 11) is 0. The van der Waals surface area contributed by atoms with Crippen molar-refractivity contribution in [1.82, 2.24) is 4.90 Å². The third-order valence-corrected chi connectivity index (χ3v) is 5.87. The number of hydrogen-bond donors (Lipinski definition) is 0. The third kappa shape index (κ3) is 5.71. The summed E-state index contributed by atoms with van der Waals surface area (Å²) in [6, 6.07) is 4.66. The number of benzene rings is 1. The molecule has 0 aliphatic carbocycles. The van der Waals surface area contributed by atoms with Crippen molar-refractivity contribution in [2.45, 2.75) is 38.8 Å². The Bertz CT molecular complexity index is 1130. The SMILES string of the molecule is CCOC(=O)C1C(C(F)(F)F)=NC(C)=C(C(=O)OCCN2CCCC2=O)C1c1cccc([N+](=O)[O-])c1. The molecule has 1 amide bonds. The fourth-order valence-corrected chi connectivity index (χ4v) is 4.31. The largest absolute Gasteiger partial charge is 0.465 e. The second kappa shape index (κ2) is 10.9. The lowest BCUT2D eigenvalue weighted by molar-refractivity contribution is -0.384. The van der Waals surface area contributed by atoms with E-state index in [0.717, 1.165) is 19.1 Å². The summed E-state index contributed by atoms with van der Waals surface area (Å²) in [5.74, 6) is -6.15. The summed E-state index contributed by atoms with van der Waals surface area (Å²) in [6.07, 6.45) is -4.01. The van der Waals surface area contributed by atoms with Gasteiger partial charge in [0.15, 0.2) is 0 Å². The van der Waals surface area contributed by atoms with Crippen molar-refractivity contribution >= 4 is 29.2 Å². The Labute approximate surface area is 203 Å². The van der Waals surface area contributed by atoms with Gasteiger partial charge in [0.25, 0.3) is 5.69 Å². The van der Waals surface area contributed by atoms with Crippen molar-refractivity contribution in [2.24, 2.45) is 10.9 Å². The van der Waals surface area contributed by atoms with Crippen LogP contribution in [0, 0.1) is 16.0 Å². The number of carbonyl (C=O) groups excluding carboxylic acids is 3. The van der Waals surface area contributed by atoms with E-state index in [2.05, 4.69) is 4.99 Å². The zero-order chi connectivity index (χ0) is 26.6. The van der Waals surface area contributed by atoms with Crippen LogP contribution in [0.2, 0.25) is 0 Å². The second-order valence-electron chi connectivity index (χ2n) is 8.17. The van der Waals surface area contributed by atoms with Gasteiger partial charge in [-0.1, -0.05) is 12.1 Å². The van der Waals surface area contributed by atoms with Gasteiger partial charge in [0.05, 0.1) is 23.6 Å². The van der Waals surface area contributed by atoms with E-state index in [1.165, 1.54) is 24.0 Å². The fourth-order valence-electron chi connectivity index (χ4n) is 4.31. The van der Waals surface area contributed by atoms with Crippen molar-refractivity contribution in [2.75, 3.05) is 26.3 Å². The number of non-ortho nitro benzene ring substituents is 1. The van der Waals surface area contributed by atoms with Crippen LogP contribution >= 0.6 is 0 Å². The normalized spacial score (nSPS) is 20.3. The summed E-state index contributed by atoms with van der Waals surface area (Å²) in [6.45, 7) is 2.69. The van der Waals surface area contributed by atoms with E-state index in [9.17, 15) is 37.7 Å². The van der Waals surface area contributed by atoms with Crippen LogP contribution in [-0.2, 0) is 23.9 Å². The lowest BCUT2D eigenvalue weighted by atomic mass is 9.75. The number of halogens is 3. The van der Waals surface area contributed by atoms with E-state index < -0.39 is 46.3 Å². The molecule has 1 aromatic carbocycles. The molecule has 1 aromatic rings. The van der Waals surface area contributed by atoms with Gasteiger partial charge in [-0.25, -0.2) is 4.79 Å². The molecule has 0 aromatic heterocycles. The van der Waals surface area contributed by atoms with Crippen LogP contribution in [0.25, 0.3) is 0 Å². The standard InChI is InChI=1S/C23H24F3N3O7/c1-3-35-22(32)19-18(14-6-4-7-15(12-14)29(33)34)17(13(2)27-20(19)23(24,25)26)21(31)36-11-10-28-9-5-8-16(28)30/h4,6-7,12,18-19H,3,5,8-11H2,1-2H3. The number of aliphatic imine (C=N–C) groups is 1. The number of allylic oxidation sites excluding steroid dienone is 1. The number of esters is 2. The Morgan fingerprint density at radius 2 is 2.00 bits per heavy atom. The van der Waals surface area contributed by atoms with Crippen molar-refractivity contribution < 1.29 is 42.0 Å². The van der Waals surface area contributed by atoms with Crippen molar-refractivity contribution in [3.8, 4) is 0 Å². The maximum atomic E-state index is 14.0. The number of hydrogen-bond acceptors (Lipinski definition) is 8. The van der Waals surface area contributed by atoms with Crippen molar-refractivity contribution in [1.29, 1.82) is 0 Å². The van der Waals surface area contributed by atoms with E-state index in [0.29, 0.717) is 19.4 Å². The number of carbonyl (C=O) groups is 3. The van der Waals surface area contributed by atoms with Gasteiger partial charge in [0.1, 0.15) is 18.2 Å². The maximum Gasteiger partial charge on any atom is 0.430 e. The fraction of sp³-hybridized carbons (Fsp3) is 0.478. The van der Waals surface area contributed by atoms with Gasteiger partial charge in [-0.05, 0) is 25.8 Å². The van der Waals surface area contributed by atoms with Gasteiger partial charge in [0.2, 0.25) is 5.91 Å². The summed E-state index contributed by atoms with van der Waals surface area (Å²) in [5.41, 5.74) is -2.70. The maximum absolute atomic E-state index is 14.0. The summed E-state index contributed by atoms with van der Waals surface area (Å²) >= 11 is 0. The molecule has 2 aliphatic rings. The predicted molar refractivity (Wildman–Crippen MR) is 119 cm³/mol. The van der Waals surface area contributed by atoms with Crippen LogP contribution in [0.1, 0.15) is 38.2 Å². The number of amides is 1. The molecular formula is C23H24F3N3O7. The Kier molecular flexibility index (Phi) is 8.10. The van der Waals surface area contributed by atoms with E-state index in [4.69, 9.17) is 9.47 Å². The number of nitrogens with zero attached hydrogens (tertiary/aromatic N) is 3. The Hall–Kier alpha value is -3.77. The van der Waals surface area contributed by atoms with Crippen LogP contribution < -0.4 is 0 Å². The molecule has 0 bridgehead atoms. The molecule has 0 radical (unpaired) electrons. The summed E-state index contributed by atoms with van der Waals surface area (Å²) in [5, 5.41) is 11.3. The quantitative estimate of drug-likeness (QED) is 0.298. The van der Waals surface area contributed by atoms with Crippen LogP contribution in [0.3, 0.4) is 0 Å². The lowest BCUT2D eigenvalue weighted by Crippen LogP contribution is -2.44. The van der Waals surface area contributed by atoms with Crippen LogP contribution in [0.5, 0.6) is 0 Å². The Balaban J connectivity index is 2.06. The van der Waals surface area contributed by atoms with E-state index in [-0.39, 0.29) is 42.5 Å². The predicted octanol–water partition coefficient (Wildman–Crippen LogP) is 3.31. The number of ether oxygens (including phenoxy) is 2. The van der Waals surface area contributed by atoms with Gasteiger partial charge in [0, 0.05) is 36.7 Å². The first-order valence-electron chi connectivity index (χ1n) is 11.2. The molecule has 1 saturated heterocycles. The number of nitro benzene ring substituents is 1. The highest BCUT2D eigenvalue weighted by Gasteiger charge is 2.53. The number of rotatable bonds is 8. The molecule has 2 atom stereocenters. The molecule has 36 heavy (non-hydrogen) atoms. The first kappa shape index (κ1) is 26.8. The molecule has 1 fully saturated rings. The van der Waals surface area contributed by atoms with E-state index in [1.807, 2.05) is 0 Å². The zero-order valence-corrected chi connectivity index (χ0v) is 19.5. The molecule has 13 heteroatoms. The van der Waals surface area contributed by atoms with Gasteiger partial charge in [-0.15, -0.1) is 0 Å². The summed E-state index contributed by atoms with van der Waals surface area (Å²) < 4.78 is 52.1. The molecule has 3 rings (SSSR count). The van der Waals surface area contributed by atoms with Gasteiger partial charge in [-0.2, -0.15) is 13.2 Å². The molecule has 2 unspecified atom stereocenters. The molecule has 10 nitrogen and oxygen atoms in total. The molecule has 2 aliphatic heterocycles. The minimum Gasteiger partial charge on any atom is -0.465 e. The first-order valence-corrected chi connectivity index (χ1v) is 11.2. The molecule has 0 spiro atoms. The number of nitro groups is 1. The third-order valence-electron chi connectivity index (χ3n) is 5.87. The molecule has 0 saturated carbocycles. The topological polar surface area (TPSA) is 128 Å². The van der Waals surface area contributed by atoms with Gasteiger partial charge in [-0.3, -0.25) is 24.7 Å². The molecular weight excluding hydrogens is 487 g/mol. The molecule has 194 valence electrons. The monoisotopic (exact) mass is 511 g/mol. The lowest BCUT2D eigenvalue weighted by Gasteiger charge is -2.33. The highest BCUT2D eigenvalue weighted by molar-refractivity contribution is 6.10. The first-order chi connectivity index (χ1) is 17.0. The van der Waals surface area contributed by atoms with Crippen LogP contribution in [0.15, 0.2) is 40.5 Å². The Morgan fingerprint density at radius 1 is 1.28 bits per heavy atom. The van der Waals surface area contributed by atoms with Crippen LogP contribution in [-0.4, -0.2) is 65.9 Å². The average molecular weight is 511 g/mol. The zero-order valence-electron chi connectivity index (χ0n) is 19.5. The highest BCUT2D eigenvalue weighted by atomic mass is 19.4. The minimum absolute atomic E-state index is 0.0834. The second-order valence-corrected chi connectivity index (χ2v) is 8.17. The van der Waals surface area contributed by atoms with E-state index in [1.54, 1.807) is 0 Å². The average Bonchev–Trinajstić information content (AvgIpc) is 3.22.